The first-order chi connectivity index (χ1) is 17.0. The second kappa shape index (κ2) is 11.4. The van der Waals surface area contributed by atoms with Gasteiger partial charge in [-0.15, -0.1) is 0 Å². The van der Waals surface area contributed by atoms with E-state index in [4.69, 9.17) is 9.47 Å². The lowest BCUT2D eigenvalue weighted by atomic mass is 10.2. The first-order valence-electron chi connectivity index (χ1n) is 11.0. The van der Waals surface area contributed by atoms with Gasteiger partial charge in [0.1, 0.15) is 16.4 Å². The molecule has 11 heteroatoms. The zero-order chi connectivity index (χ0) is 24.6. The van der Waals surface area contributed by atoms with Crippen LogP contribution in [0.5, 0.6) is 11.5 Å². The topological polar surface area (TPSA) is 122 Å². The Morgan fingerprint density at radius 3 is 2.37 bits per heavy atom. The minimum absolute atomic E-state index is 0.303. The predicted octanol–water partition coefficient (Wildman–Crippen LogP) is 2.27. The number of aromatic nitrogens is 1. The van der Waals surface area contributed by atoms with Crippen molar-refractivity contribution in [3.05, 3.63) is 70.7 Å². The number of anilines is 1. The Hall–Kier alpha value is -3.96. The molecule has 2 aromatic carbocycles. The molecule has 0 aliphatic carbocycles. The molecule has 4 rings (SSSR count). The molecule has 35 heavy (non-hydrogen) atoms. The van der Waals surface area contributed by atoms with Crippen LogP contribution in [0.2, 0.25) is 0 Å². The number of carbonyl (C=O) groups excluding carboxylic acids is 3. The maximum Gasteiger partial charge on any atom is 0.281 e. The number of hydrazine groups is 1. The SMILES string of the molecule is Cc1nc(N2CCOCC2)sc1C(=O)NNC(=O)CNC(=O)c1ccc(Oc2ccccc2)cc1. The number of carbonyl (C=O) groups is 3. The molecule has 1 saturated heterocycles. The molecule has 1 aromatic heterocycles. The van der Waals surface area contributed by atoms with Gasteiger partial charge in [-0.05, 0) is 43.3 Å². The van der Waals surface area contributed by atoms with Crippen molar-refractivity contribution >= 4 is 34.2 Å². The van der Waals surface area contributed by atoms with Crippen LogP contribution in [0, 0.1) is 6.92 Å². The van der Waals surface area contributed by atoms with Crippen LogP contribution in [0.3, 0.4) is 0 Å². The van der Waals surface area contributed by atoms with Crippen LogP contribution in [0.15, 0.2) is 54.6 Å². The van der Waals surface area contributed by atoms with Crippen LogP contribution in [0.1, 0.15) is 25.7 Å². The van der Waals surface area contributed by atoms with Gasteiger partial charge in [0.05, 0.1) is 25.5 Å². The van der Waals surface area contributed by atoms with E-state index in [0.29, 0.717) is 53.9 Å². The summed E-state index contributed by atoms with van der Waals surface area (Å²) in [5.41, 5.74) is 5.64. The van der Waals surface area contributed by atoms with Gasteiger partial charge >= 0.3 is 0 Å². The van der Waals surface area contributed by atoms with E-state index in [0.717, 1.165) is 5.13 Å². The minimum atomic E-state index is -0.564. The molecule has 1 fully saturated rings. The molecular weight excluding hydrogens is 470 g/mol. The zero-order valence-corrected chi connectivity index (χ0v) is 19.9. The predicted molar refractivity (Wildman–Crippen MR) is 131 cm³/mol. The lowest BCUT2D eigenvalue weighted by molar-refractivity contribution is -0.120. The van der Waals surface area contributed by atoms with Crippen molar-refractivity contribution in [3.63, 3.8) is 0 Å². The molecule has 0 saturated carbocycles. The molecule has 0 spiro atoms. The van der Waals surface area contributed by atoms with Crippen LogP contribution < -0.4 is 25.8 Å². The number of aryl methyl sites for hydroxylation is 1. The third kappa shape index (κ3) is 6.55. The number of ether oxygens (including phenoxy) is 2. The standard InChI is InChI=1S/C24H25N5O5S/c1-16-21(35-24(26-16)29-11-13-33-14-12-29)23(32)28-27-20(30)15-25-22(31)17-7-9-19(10-8-17)34-18-5-3-2-4-6-18/h2-10H,11-15H2,1H3,(H,25,31)(H,27,30)(H,28,32). The smallest absolute Gasteiger partial charge is 0.281 e. The molecule has 3 N–H and O–H groups in total. The number of hydrogen-bond donors (Lipinski definition) is 3. The average Bonchev–Trinajstić information content (AvgIpc) is 3.29. The summed E-state index contributed by atoms with van der Waals surface area (Å²) < 4.78 is 11.0. The number of hydrogen-bond acceptors (Lipinski definition) is 8. The zero-order valence-electron chi connectivity index (χ0n) is 19.1. The summed E-state index contributed by atoms with van der Waals surface area (Å²) in [5, 5.41) is 3.26. The second-order valence-corrected chi connectivity index (χ2v) is 8.61. The van der Waals surface area contributed by atoms with Crippen molar-refractivity contribution in [1.29, 1.82) is 0 Å². The number of benzene rings is 2. The highest BCUT2D eigenvalue weighted by atomic mass is 32.1. The summed E-state index contributed by atoms with van der Waals surface area (Å²) in [6.45, 7) is 4.11. The molecule has 0 bridgehead atoms. The van der Waals surface area contributed by atoms with Gasteiger partial charge in [-0.25, -0.2) is 4.98 Å². The third-order valence-electron chi connectivity index (χ3n) is 5.09. The van der Waals surface area contributed by atoms with Crippen molar-refractivity contribution in [2.24, 2.45) is 0 Å². The van der Waals surface area contributed by atoms with Crippen molar-refractivity contribution in [3.8, 4) is 11.5 Å². The van der Waals surface area contributed by atoms with E-state index in [1.807, 2.05) is 30.3 Å². The van der Waals surface area contributed by atoms with Gasteiger partial charge in [-0.3, -0.25) is 25.2 Å². The van der Waals surface area contributed by atoms with Crippen molar-refractivity contribution in [1.82, 2.24) is 21.2 Å². The van der Waals surface area contributed by atoms with Gasteiger partial charge < -0.3 is 19.7 Å². The molecule has 182 valence electrons. The third-order valence-corrected chi connectivity index (χ3v) is 6.31. The lowest BCUT2D eigenvalue weighted by Crippen LogP contribution is -2.46. The molecule has 1 aliphatic heterocycles. The molecule has 2 heterocycles. The van der Waals surface area contributed by atoms with E-state index in [-0.39, 0.29) is 6.54 Å². The van der Waals surface area contributed by atoms with Gasteiger partial charge in [0.25, 0.3) is 17.7 Å². The minimum Gasteiger partial charge on any atom is -0.457 e. The first kappa shape index (κ1) is 24.2. The average molecular weight is 496 g/mol. The van der Waals surface area contributed by atoms with Crippen molar-refractivity contribution in [2.45, 2.75) is 6.92 Å². The number of nitrogens with zero attached hydrogens (tertiary/aromatic N) is 2. The van der Waals surface area contributed by atoms with E-state index < -0.39 is 17.7 Å². The van der Waals surface area contributed by atoms with Gasteiger partial charge in [0.15, 0.2) is 5.13 Å². The van der Waals surface area contributed by atoms with Crippen molar-refractivity contribution in [2.75, 3.05) is 37.7 Å². The van der Waals surface area contributed by atoms with Gasteiger partial charge in [-0.2, -0.15) is 0 Å². The van der Waals surface area contributed by atoms with Gasteiger partial charge in [0, 0.05) is 18.7 Å². The Labute approximate surface area is 206 Å². The molecule has 10 nitrogen and oxygen atoms in total. The summed E-state index contributed by atoms with van der Waals surface area (Å²) in [4.78, 5) is 43.9. The molecule has 1 aliphatic rings. The van der Waals surface area contributed by atoms with E-state index in [9.17, 15) is 14.4 Å². The van der Waals surface area contributed by atoms with E-state index in [1.165, 1.54) is 11.3 Å². The fourth-order valence-corrected chi connectivity index (χ4v) is 4.29. The fourth-order valence-electron chi connectivity index (χ4n) is 3.27. The molecule has 0 unspecified atom stereocenters. The Bertz CT molecular complexity index is 1180. The van der Waals surface area contributed by atoms with E-state index in [2.05, 4.69) is 26.1 Å². The summed E-state index contributed by atoms with van der Waals surface area (Å²) in [5.74, 6) is -0.178. The molecule has 0 radical (unpaired) electrons. The number of thiazole rings is 1. The van der Waals surface area contributed by atoms with Crippen LogP contribution in [0.4, 0.5) is 5.13 Å². The van der Waals surface area contributed by atoms with Gasteiger partial charge in [0.2, 0.25) is 0 Å². The normalized spacial score (nSPS) is 13.1. The lowest BCUT2D eigenvalue weighted by Gasteiger charge is -2.25. The number of para-hydroxylation sites is 1. The Morgan fingerprint density at radius 2 is 1.66 bits per heavy atom. The number of amides is 3. The molecule has 3 amide bonds. The number of rotatable bonds is 7. The van der Waals surface area contributed by atoms with Crippen LogP contribution in [-0.2, 0) is 9.53 Å². The summed E-state index contributed by atoms with van der Waals surface area (Å²) >= 11 is 1.26. The number of morpholine rings is 1. The second-order valence-electron chi connectivity index (χ2n) is 7.63. The van der Waals surface area contributed by atoms with Crippen LogP contribution in [0.25, 0.3) is 0 Å². The van der Waals surface area contributed by atoms with E-state index in [1.54, 1.807) is 31.2 Å². The quantitative estimate of drug-likeness (QED) is 0.430. The molecule has 3 aromatic rings. The summed E-state index contributed by atoms with van der Waals surface area (Å²) in [6.07, 6.45) is 0. The monoisotopic (exact) mass is 495 g/mol. The van der Waals surface area contributed by atoms with Crippen LogP contribution >= 0.6 is 11.3 Å². The fraction of sp³-hybridized carbons (Fsp3) is 0.250. The van der Waals surface area contributed by atoms with Gasteiger partial charge in [-0.1, -0.05) is 29.5 Å². The maximum atomic E-state index is 12.5. The van der Waals surface area contributed by atoms with Crippen LogP contribution in [-0.4, -0.2) is 55.6 Å². The first-order valence-corrected chi connectivity index (χ1v) is 11.8. The van der Waals surface area contributed by atoms with E-state index >= 15 is 0 Å². The Kier molecular flexibility index (Phi) is 7.91. The number of nitrogens with one attached hydrogen (secondary N) is 3. The Morgan fingerprint density at radius 1 is 0.971 bits per heavy atom. The largest absolute Gasteiger partial charge is 0.457 e. The van der Waals surface area contributed by atoms with Crippen molar-refractivity contribution < 1.29 is 23.9 Å². The summed E-state index contributed by atoms with van der Waals surface area (Å²) in [6, 6.07) is 15.8. The highest BCUT2D eigenvalue weighted by molar-refractivity contribution is 7.17. The highest BCUT2D eigenvalue weighted by Gasteiger charge is 2.21. The molecule has 0 atom stereocenters. The highest BCUT2D eigenvalue weighted by Crippen LogP contribution is 2.26. The Balaban J connectivity index is 1.22. The maximum absolute atomic E-state index is 12.5. The molecular formula is C24H25N5O5S. The summed E-state index contributed by atoms with van der Waals surface area (Å²) in [7, 11) is 0.